The van der Waals surface area contributed by atoms with Gasteiger partial charge in [0, 0.05) is 24.7 Å². The van der Waals surface area contributed by atoms with Crippen LogP contribution in [-0.2, 0) is 5.41 Å². The third kappa shape index (κ3) is 4.05. The van der Waals surface area contributed by atoms with Crippen LogP contribution in [0.3, 0.4) is 0 Å². The van der Waals surface area contributed by atoms with Crippen LogP contribution in [0, 0.1) is 0 Å². The summed E-state index contributed by atoms with van der Waals surface area (Å²) in [6.07, 6.45) is 0.789. The summed E-state index contributed by atoms with van der Waals surface area (Å²) < 4.78 is 5.88. The van der Waals surface area contributed by atoms with Gasteiger partial charge in [-0.3, -0.25) is 14.4 Å². The minimum Gasteiger partial charge on any atom is -0.492 e. The molecule has 1 aromatic heterocycles. The number of rotatable bonds is 5. The van der Waals surface area contributed by atoms with Crippen molar-refractivity contribution >= 4 is 23.7 Å². The normalized spacial score (nSPS) is 28.2. The Hall–Kier alpha value is -4.70. The number of ether oxygens (including phenoxy) is 1. The molecule has 0 radical (unpaired) electrons. The number of hydrogen-bond acceptors (Lipinski definition) is 13. The molecule has 1 aromatic carbocycles. The van der Waals surface area contributed by atoms with Crippen LogP contribution in [0.15, 0.2) is 45.1 Å². The van der Waals surface area contributed by atoms with E-state index in [4.69, 9.17) is 16.2 Å². The predicted molar refractivity (Wildman–Crippen MR) is 149 cm³/mol. The fraction of sp³-hybridized carbons (Fsp3) is 0.462. The summed E-state index contributed by atoms with van der Waals surface area (Å²) in [6, 6.07) is 4.55. The van der Waals surface area contributed by atoms with Crippen LogP contribution < -0.4 is 37.7 Å². The van der Waals surface area contributed by atoms with E-state index < -0.39 is 46.9 Å². The van der Waals surface area contributed by atoms with E-state index in [1.165, 1.54) is 11.0 Å². The monoisotopic (exact) mass is 580 g/mol. The van der Waals surface area contributed by atoms with Gasteiger partial charge in [-0.2, -0.15) is 5.10 Å². The molecule has 1 unspecified atom stereocenters. The molecule has 6 rings (SSSR count). The molecule has 4 aliphatic rings. The average Bonchev–Trinajstić information content (AvgIpc) is 3.41. The van der Waals surface area contributed by atoms with Crippen LogP contribution in [0.2, 0.25) is 0 Å². The van der Waals surface area contributed by atoms with Crippen LogP contribution in [-0.4, -0.2) is 98.3 Å². The molecule has 2 amide bonds. The summed E-state index contributed by atoms with van der Waals surface area (Å²) >= 11 is 0. The van der Waals surface area contributed by atoms with Crippen molar-refractivity contribution in [2.75, 3.05) is 19.7 Å². The first-order valence-electron chi connectivity index (χ1n) is 13.4. The van der Waals surface area contributed by atoms with Gasteiger partial charge >= 0.3 is 0 Å². The Kier molecular flexibility index (Phi) is 6.16. The summed E-state index contributed by atoms with van der Waals surface area (Å²) in [5.74, 6) is -3.53. The minimum absolute atomic E-state index is 0.0379. The number of guanidine groups is 2. The number of nitrogens with two attached hydrogens (primary N) is 2. The Morgan fingerprint density at radius 3 is 2.69 bits per heavy atom. The van der Waals surface area contributed by atoms with E-state index >= 15 is 0 Å². The summed E-state index contributed by atoms with van der Waals surface area (Å²) in [5.41, 5.74) is 11.0. The first kappa shape index (κ1) is 27.5. The second-order valence-corrected chi connectivity index (χ2v) is 11.4. The molecule has 1 saturated heterocycles. The molecule has 4 aliphatic heterocycles. The van der Waals surface area contributed by atoms with Crippen LogP contribution in [0.25, 0.3) is 0 Å². The van der Waals surface area contributed by atoms with Gasteiger partial charge in [-0.25, -0.2) is 15.1 Å². The van der Waals surface area contributed by atoms with Crippen LogP contribution in [0.1, 0.15) is 46.7 Å². The quantitative estimate of drug-likeness (QED) is 0.166. The Morgan fingerprint density at radius 2 is 1.95 bits per heavy atom. The lowest BCUT2D eigenvalue weighted by Crippen LogP contribution is -2.78. The molecule has 16 heteroatoms. The topological polar surface area (TPSA) is 246 Å². The van der Waals surface area contributed by atoms with E-state index in [9.17, 15) is 24.6 Å². The summed E-state index contributed by atoms with van der Waals surface area (Å²) in [5, 5.41) is 37.5. The lowest BCUT2D eigenvalue weighted by Gasteiger charge is -2.49. The smallest absolute Gasteiger partial charge is 0.271 e. The summed E-state index contributed by atoms with van der Waals surface area (Å²) in [6.45, 7) is 4.33. The van der Waals surface area contributed by atoms with Crippen molar-refractivity contribution in [1.29, 1.82) is 0 Å². The second kappa shape index (κ2) is 9.42. The Balaban J connectivity index is 1.26. The first-order chi connectivity index (χ1) is 19.8. The molecule has 5 heterocycles. The van der Waals surface area contributed by atoms with Crippen molar-refractivity contribution in [2.24, 2.45) is 21.5 Å². The highest BCUT2D eigenvalue weighted by Gasteiger charge is 2.73. The number of para-hydroxylation sites is 1. The van der Waals surface area contributed by atoms with E-state index in [2.05, 4.69) is 50.0 Å². The number of carbonyl (C=O) groups is 2. The fourth-order valence-electron chi connectivity index (χ4n) is 6.19. The molecule has 4 atom stereocenters. The highest BCUT2D eigenvalue weighted by molar-refractivity contribution is 5.98. The number of aliphatic hydroxyl groups is 2. The second-order valence-electron chi connectivity index (χ2n) is 11.4. The maximum Gasteiger partial charge on any atom is 0.271 e. The number of H-pyrrole nitrogens is 1. The van der Waals surface area contributed by atoms with Crippen molar-refractivity contribution in [3.8, 4) is 5.75 Å². The molecule has 2 aromatic rings. The van der Waals surface area contributed by atoms with Crippen molar-refractivity contribution in [2.45, 2.75) is 55.3 Å². The number of amides is 2. The molecule has 0 saturated carbocycles. The van der Waals surface area contributed by atoms with Gasteiger partial charge in [0.25, 0.3) is 17.4 Å². The number of carbonyl (C=O) groups excluding carboxylic acids is 2. The van der Waals surface area contributed by atoms with Gasteiger partial charge in [-0.1, -0.05) is 26.0 Å². The number of benzene rings is 1. The number of nitrogens with zero attached hydrogens (tertiary/aromatic N) is 4. The van der Waals surface area contributed by atoms with Gasteiger partial charge in [-0.05, 0) is 24.0 Å². The highest BCUT2D eigenvalue weighted by Crippen LogP contribution is 2.45. The van der Waals surface area contributed by atoms with E-state index in [1.807, 2.05) is 6.07 Å². The number of aromatic nitrogens is 2. The third-order valence-corrected chi connectivity index (χ3v) is 8.45. The third-order valence-electron chi connectivity index (χ3n) is 8.45. The SMILES string of the molecule is CC1(C)CCOc2c(C(=O)NC3CN4C(N)=N[C@@H](CNC(=O)c5ccc(=O)[nH]n5)[C@@H]5N=C(N)N[C@@]54C3(O)O)cccc21. The molecule has 0 aliphatic carbocycles. The maximum absolute atomic E-state index is 13.6. The standard InChI is InChI=1S/C26H32N10O6/c1-24(2)8-9-42-18-12(4-3-5-13(18)24)20(38)31-16-11-36-23(28)30-15(10-29-21(39)14-6-7-17(37)35-34-14)19-25(36,26(16,40)41)33-22(27)32-19/h3-7,15-16,19,40-41H,8-11H2,1-2H3,(H2,28,30)(H,29,39)(H,31,38)(H,35,37)(H3,27,32,33)/t15-,16?,19-,25-/m0/s1. The molecule has 1 spiro atoms. The number of fused-ring (bicyclic) bond motifs is 1. The highest BCUT2D eigenvalue weighted by atomic mass is 16.5. The molecule has 42 heavy (non-hydrogen) atoms. The predicted octanol–water partition coefficient (Wildman–Crippen LogP) is -2.97. The van der Waals surface area contributed by atoms with Gasteiger partial charge in [0.15, 0.2) is 17.6 Å². The van der Waals surface area contributed by atoms with Gasteiger partial charge < -0.3 is 47.3 Å². The van der Waals surface area contributed by atoms with Crippen molar-refractivity contribution in [3.63, 3.8) is 0 Å². The molecular formula is C26H32N10O6. The number of nitrogens with one attached hydrogen (secondary N) is 4. The Labute approximate surface area is 239 Å². The Bertz CT molecular complexity index is 1560. The number of aromatic amines is 1. The zero-order valence-corrected chi connectivity index (χ0v) is 22.9. The first-order valence-corrected chi connectivity index (χ1v) is 13.4. The lowest BCUT2D eigenvalue weighted by molar-refractivity contribution is -0.230. The molecular weight excluding hydrogens is 548 g/mol. The van der Waals surface area contributed by atoms with Crippen molar-refractivity contribution in [3.05, 3.63) is 57.5 Å². The van der Waals surface area contributed by atoms with Gasteiger partial charge in [0.1, 0.15) is 23.5 Å². The van der Waals surface area contributed by atoms with E-state index in [0.29, 0.717) is 12.4 Å². The minimum atomic E-state index is -2.66. The van der Waals surface area contributed by atoms with Crippen LogP contribution in [0.5, 0.6) is 5.75 Å². The fourth-order valence-corrected chi connectivity index (χ4v) is 6.19. The largest absolute Gasteiger partial charge is 0.492 e. The zero-order valence-electron chi connectivity index (χ0n) is 22.9. The average molecular weight is 581 g/mol. The Morgan fingerprint density at radius 1 is 1.17 bits per heavy atom. The zero-order chi connectivity index (χ0) is 30.0. The van der Waals surface area contributed by atoms with Crippen LogP contribution >= 0.6 is 0 Å². The summed E-state index contributed by atoms with van der Waals surface area (Å²) in [4.78, 5) is 47.7. The molecule has 16 nitrogen and oxygen atoms in total. The maximum atomic E-state index is 13.6. The molecule has 1 fully saturated rings. The van der Waals surface area contributed by atoms with Gasteiger partial charge in [-0.15, -0.1) is 0 Å². The molecule has 222 valence electrons. The number of aliphatic imine (C=N–C) groups is 2. The van der Waals surface area contributed by atoms with Crippen molar-refractivity contribution < 1.29 is 24.5 Å². The molecule has 10 N–H and O–H groups in total. The van der Waals surface area contributed by atoms with Gasteiger partial charge in [0.05, 0.1) is 18.2 Å². The summed E-state index contributed by atoms with van der Waals surface area (Å²) in [7, 11) is 0. The van der Waals surface area contributed by atoms with E-state index in [0.717, 1.165) is 18.1 Å². The number of hydrogen-bond donors (Lipinski definition) is 8. The van der Waals surface area contributed by atoms with E-state index in [1.54, 1.807) is 12.1 Å². The van der Waals surface area contributed by atoms with Crippen molar-refractivity contribution in [1.82, 2.24) is 31.0 Å². The van der Waals surface area contributed by atoms with E-state index in [-0.39, 0.29) is 41.7 Å². The molecule has 0 bridgehead atoms. The van der Waals surface area contributed by atoms with Gasteiger partial charge in [0.2, 0.25) is 5.79 Å². The lowest BCUT2D eigenvalue weighted by atomic mass is 9.79. The van der Waals surface area contributed by atoms with Crippen LogP contribution in [0.4, 0.5) is 0 Å².